The number of hydrazine groups is 1. The number of rotatable bonds is 9. The maximum Gasteiger partial charge on any atom is 0.345 e. The van der Waals surface area contributed by atoms with Crippen molar-refractivity contribution in [2.75, 3.05) is 25.4 Å². The molecule has 0 aromatic carbocycles. The van der Waals surface area contributed by atoms with Crippen molar-refractivity contribution in [3.63, 3.8) is 0 Å². The van der Waals surface area contributed by atoms with Crippen LogP contribution in [0.3, 0.4) is 0 Å². The summed E-state index contributed by atoms with van der Waals surface area (Å²) in [5.74, 6) is 6.11. The summed E-state index contributed by atoms with van der Waals surface area (Å²) in [6.07, 6.45) is 1.23. The number of carboxylic acids is 1. The van der Waals surface area contributed by atoms with Crippen molar-refractivity contribution in [1.29, 1.82) is 0 Å². The van der Waals surface area contributed by atoms with Gasteiger partial charge >= 0.3 is 5.97 Å². The van der Waals surface area contributed by atoms with E-state index in [2.05, 4.69) is 11.8 Å². The van der Waals surface area contributed by atoms with E-state index in [-0.39, 0.29) is 5.24 Å². The van der Waals surface area contributed by atoms with Crippen LogP contribution in [0.25, 0.3) is 0 Å². The maximum absolute atomic E-state index is 12.5. The maximum atomic E-state index is 12.5. The molecule has 1 saturated heterocycles. The number of carbonyl (C=O) groups excluding carboxylic acids is 1. The first-order valence-electron chi connectivity index (χ1n) is 10.8. The van der Waals surface area contributed by atoms with Gasteiger partial charge in [-0.2, -0.15) is 11.3 Å². The second-order valence-corrected chi connectivity index (χ2v) is 11.7. The van der Waals surface area contributed by atoms with E-state index in [4.69, 9.17) is 5.11 Å². The average Bonchev–Trinajstić information content (AvgIpc) is 3.57. The summed E-state index contributed by atoms with van der Waals surface area (Å²) in [6.45, 7) is 1.84. The molecular weight excluding hydrogens is 509 g/mol. The summed E-state index contributed by atoms with van der Waals surface area (Å²) in [4.78, 5) is 25.9. The molecule has 0 unspecified atom stereocenters. The number of thioether (sulfide) groups is 1. The van der Waals surface area contributed by atoms with Gasteiger partial charge in [-0.25, -0.2) is 9.80 Å². The minimum absolute atomic E-state index is 0.00264. The summed E-state index contributed by atoms with van der Waals surface area (Å²) in [7, 11) is 0. The van der Waals surface area contributed by atoms with Crippen molar-refractivity contribution in [3.8, 4) is 11.8 Å². The lowest BCUT2D eigenvalue weighted by molar-refractivity contribution is 0.0149. The average molecular weight is 533 g/mol. The zero-order chi connectivity index (χ0) is 23.9. The second kappa shape index (κ2) is 12.0. The van der Waals surface area contributed by atoms with E-state index in [0.717, 1.165) is 33.2 Å². The van der Waals surface area contributed by atoms with Crippen molar-refractivity contribution in [2.24, 2.45) is 0 Å². The molecule has 4 heterocycles. The first-order valence-corrected chi connectivity index (χ1v) is 14.4. The zero-order valence-corrected chi connectivity index (χ0v) is 21.6. The van der Waals surface area contributed by atoms with Crippen LogP contribution < -0.4 is 0 Å². The highest BCUT2D eigenvalue weighted by molar-refractivity contribution is 8.13. The molecule has 34 heavy (non-hydrogen) atoms. The van der Waals surface area contributed by atoms with Gasteiger partial charge in [-0.15, -0.1) is 22.7 Å². The molecule has 1 amide bonds. The number of hydrogen-bond acceptors (Lipinski definition) is 8. The predicted octanol–water partition coefficient (Wildman–Crippen LogP) is 4.89. The Morgan fingerprint density at radius 3 is 2.74 bits per heavy atom. The first kappa shape index (κ1) is 25.0. The second-order valence-electron chi connectivity index (χ2n) is 7.72. The van der Waals surface area contributed by atoms with Gasteiger partial charge in [0, 0.05) is 69.9 Å². The smallest absolute Gasteiger partial charge is 0.345 e. The monoisotopic (exact) mass is 532 g/mol. The molecule has 1 fully saturated rings. The van der Waals surface area contributed by atoms with Gasteiger partial charge in [-0.1, -0.05) is 23.6 Å². The van der Waals surface area contributed by atoms with Gasteiger partial charge in [0.05, 0.1) is 6.10 Å². The van der Waals surface area contributed by atoms with E-state index in [1.807, 2.05) is 39.3 Å². The summed E-state index contributed by atoms with van der Waals surface area (Å²) < 4.78 is 0. The molecule has 0 spiro atoms. The van der Waals surface area contributed by atoms with Gasteiger partial charge in [-0.05, 0) is 36.1 Å². The van der Waals surface area contributed by atoms with Gasteiger partial charge in [0.2, 0.25) is 0 Å². The van der Waals surface area contributed by atoms with E-state index in [1.165, 1.54) is 23.1 Å². The quantitative estimate of drug-likeness (QED) is 0.382. The number of carboxylic acid groups (broad SMARTS) is 1. The number of carbonyl (C=O) groups is 2. The van der Waals surface area contributed by atoms with Gasteiger partial charge in [0.15, 0.2) is 0 Å². The molecule has 10 heteroatoms. The van der Waals surface area contributed by atoms with Crippen molar-refractivity contribution in [1.82, 2.24) is 10.0 Å². The standard InChI is InChI=1S/C24H24N2O4S4/c27-19(14-21-13-18(16-33-21)2-1-17-7-11-31-15-17)5-8-25-10-12-32-24(30)26(25)9-6-20-3-4-22(34-20)23(28)29/h3-4,7,11,13,15-16,19,27H,5-6,8-10,12,14H2,(H,28,29)/t19-/m1/s1. The topological polar surface area (TPSA) is 81.1 Å². The highest BCUT2D eigenvalue weighted by Crippen LogP contribution is 2.23. The Balaban J connectivity index is 1.27. The largest absolute Gasteiger partial charge is 0.477 e. The third-order valence-electron chi connectivity index (χ3n) is 5.25. The third kappa shape index (κ3) is 6.95. The molecule has 1 aliphatic heterocycles. The first-order chi connectivity index (χ1) is 16.5. The third-order valence-corrected chi connectivity index (χ3v) is 8.87. The van der Waals surface area contributed by atoms with Crippen LogP contribution >= 0.6 is 45.8 Å². The molecule has 0 radical (unpaired) electrons. The highest BCUT2D eigenvalue weighted by Gasteiger charge is 2.27. The van der Waals surface area contributed by atoms with Crippen molar-refractivity contribution in [3.05, 3.63) is 66.2 Å². The van der Waals surface area contributed by atoms with Crippen molar-refractivity contribution in [2.45, 2.75) is 25.4 Å². The fourth-order valence-corrected chi connectivity index (χ4v) is 6.67. The van der Waals surface area contributed by atoms with E-state index in [9.17, 15) is 14.7 Å². The molecule has 0 aliphatic carbocycles. The minimum atomic E-state index is -0.927. The molecule has 4 rings (SSSR count). The van der Waals surface area contributed by atoms with Crippen LogP contribution in [0.1, 0.15) is 37.0 Å². The lowest BCUT2D eigenvalue weighted by Crippen LogP contribution is -2.51. The van der Waals surface area contributed by atoms with E-state index < -0.39 is 12.1 Å². The highest BCUT2D eigenvalue weighted by atomic mass is 32.2. The molecular formula is C24H24N2O4S4. The van der Waals surface area contributed by atoms with E-state index in [1.54, 1.807) is 33.7 Å². The summed E-state index contributed by atoms with van der Waals surface area (Å²) in [5.41, 5.74) is 1.97. The summed E-state index contributed by atoms with van der Waals surface area (Å²) >= 11 is 5.78. The molecule has 2 N–H and O–H groups in total. The Morgan fingerprint density at radius 2 is 1.97 bits per heavy atom. The van der Waals surface area contributed by atoms with Crippen LogP contribution in [0.4, 0.5) is 4.79 Å². The van der Waals surface area contributed by atoms with Crippen LogP contribution in [-0.2, 0) is 12.8 Å². The number of aromatic carboxylic acids is 1. The number of hydrogen-bond donors (Lipinski definition) is 2. The van der Waals surface area contributed by atoms with E-state index in [0.29, 0.717) is 37.2 Å². The Labute approximate surface area is 214 Å². The Hall–Kier alpha value is -2.13. The number of nitrogens with zero attached hydrogens (tertiary/aromatic N) is 2. The molecule has 3 aromatic heterocycles. The Kier molecular flexibility index (Phi) is 8.83. The SMILES string of the molecule is O=C(O)c1ccc(CCN2C(=O)SCCN2CC[C@@H](O)Cc2cc(C#Cc3ccsc3)cs2)s1. The minimum Gasteiger partial charge on any atom is -0.477 e. The Morgan fingerprint density at radius 1 is 1.12 bits per heavy atom. The van der Waals surface area contributed by atoms with Crippen LogP contribution in [0.5, 0.6) is 0 Å². The molecule has 3 aromatic rings. The van der Waals surface area contributed by atoms with Gasteiger partial charge < -0.3 is 10.2 Å². The van der Waals surface area contributed by atoms with Crippen molar-refractivity contribution < 1.29 is 19.8 Å². The Bertz CT molecular complexity index is 1180. The summed E-state index contributed by atoms with van der Waals surface area (Å²) in [6, 6.07) is 7.44. The van der Waals surface area contributed by atoms with Crippen molar-refractivity contribution >= 4 is 57.0 Å². The van der Waals surface area contributed by atoms with Crippen LogP contribution in [-0.4, -0.2) is 62.9 Å². The molecule has 178 valence electrons. The lowest BCUT2D eigenvalue weighted by atomic mass is 10.1. The fraction of sp³-hybridized carbons (Fsp3) is 0.333. The number of thiophene rings is 3. The van der Waals surface area contributed by atoms with Gasteiger partial charge in [0.1, 0.15) is 4.88 Å². The van der Waals surface area contributed by atoms with Crippen LogP contribution in [0.15, 0.2) is 40.4 Å². The van der Waals surface area contributed by atoms with Crippen LogP contribution in [0, 0.1) is 11.8 Å². The summed E-state index contributed by atoms with van der Waals surface area (Å²) in [5, 5.41) is 29.5. The van der Waals surface area contributed by atoms with Crippen LogP contribution in [0.2, 0.25) is 0 Å². The normalized spacial score (nSPS) is 15.2. The molecule has 1 aliphatic rings. The number of aliphatic hydroxyl groups excluding tert-OH is 1. The molecule has 0 bridgehead atoms. The van der Waals surface area contributed by atoms with Gasteiger partial charge in [0.25, 0.3) is 5.24 Å². The number of aliphatic hydroxyl groups is 1. The van der Waals surface area contributed by atoms with Gasteiger partial charge in [-0.3, -0.25) is 9.80 Å². The predicted molar refractivity (Wildman–Crippen MR) is 140 cm³/mol. The zero-order valence-electron chi connectivity index (χ0n) is 18.3. The molecule has 0 saturated carbocycles. The molecule has 1 atom stereocenters. The molecule has 6 nitrogen and oxygen atoms in total. The van der Waals surface area contributed by atoms with E-state index >= 15 is 0 Å². The fourth-order valence-electron chi connectivity index (χ4n) is 3.52. The number of amides is 1. The lowest BCUT2D eigenvalue weighted by Gasteiger charge is -2.38.